The topological polar surface area (TPSA) is 16.4 Å². The minimum atomic E-state index is 0.891. The molecule has 63 heavy (non-hydrogen) atoms. The summed E-state index contributed by atoms with van der Waals surface area (Å²) in [5.74, 6) is 0. The number of hydrogen-bond donors (Lipinski definition) is 0. The van der Waals surface area contributed by atoms with Crippen molar-refractivity contribution in [2.24, 2.45) is 0 Å². The predicted molar refractivity (Wildman–Crippen MR) is 270 cm³/mol. The number of benzene rings is 11. The molecule has 2 aromatic heterocycles. The molecule has 0 aliphatic carbocycles. The van der Waals surface area contributed by atoms with Crippen molar-refractivity contribution in [3.05, 3.63) is 224 Å². The van der Waals surface area contributed by atoms with Crippen LogP contribution in [0.3, 0.4) is 0 Å². The number of furan rings is 1. The molecule has 11 aromatic carbocycles. The number of thiophene rings is 1. The third-order valence-corrected chi connectivity index (χ3v) is 14.1. The molecule has 13 aromatic rings. The molecule has 0 spiro atoms. The summed E-state index contributed by atoms with van der Waals surface area (Å²) in [7, 11) is 0. The number of fused-ring (bicyclic) bond motifs is 11. The zero-order valence-corrected chi connectivity index (χ0v) is 34.9. The van der Waals surface area contributed by atoms with Gasteiger partial charge in [-0.2, -0.15) is 0 Å². The Bertz CT molecular complexity index is 3910. The van der Waals surface area contributed by atoms with Crippen molar-refractivity contribution in [1.29, 1.82) is 0 Å². The van der Waals surface area contributed by atoms with E-state index in [-0.39, 0.29) is 0 Å². The predicted octanol–water partition coefficient (Wildman–Crippen LogP) is 17.9. The van der Waals surface area contributed by atoms with Crippen LogP contribution in [0.25, 0.3) is 108 Å². The molecule has 0 unspecified atom stereocenters. The van der Waals surface area contributed by atoms with Gasteiger partial charge in [-0.1, -0.05) is 182 Å². The van der Waals surface area contributed by atoms with Gasteiger partial charge >= 0.3 is 0 Å². The summed E-state index contributed by atoms with van der Waals surface area (Å²) in [6.45, 7) is 0. The summed E-state index contributed by atoms with van der Waals surface area (Å²) in [4.78, 5) is 2.40. The fraction of sp³-hybridized carbons (Fsp3) is 0. The molecular weight excluding hydrogens is 783 g/mol. The average molecular weight is 820 g/mol. The molecule has 3 heteroatoms. The maximum absolute atomic E-state index is 6.93. The van der Waals surface area contributed by atoms with Gasteiger partial charge < -0.3 is 9.32 Å². The maximum atomic E-state index is 6.93. The number of rotatable bonds is 6. The minimum absolute atomic E-state index is 0.891. The van der Waals surface area contributed by atoms with E-state index in [1.54, 1.807) is 0 Å². The Morgan fingerprint density at radius 1 is 0.302 bits per heavy atom. The lowest BCUT2D eigenvalue weighted by molar-refractivity contribution is 0.674. The first-order valence-corrected chi connectivity index (χ1v) is 22.3. The first-order valence-electron chi connectivity index (χ1n) is 21.5. The van der Waals surface area contributed by atoms with Crippen LogP contribution in [-0.2, 0) is 0 Å². The highest BCUT2D eigenvalue weighted by atomic mass is 32.1. The third kappa shape index (κ3) is 5.71. The molecule has 0 saturated heterocycles. The van der Waals surface area contributed by atoms with Crippen molar-refractivity contribution < 1.29 is 4.42 Å². The van der Waals surface area contributed by atoms with Crippen LogP contribution in [0.1, 0.15) is 0 Å². The van der Waals surface area contributed by atoms with Crippen molar-refractivity contribution in [2.45, 2.75) is 0 Å². The Kier molecular flexibility index (Phi) is 8.12. The van der Waals surface area contributed by atoms with Crippen LogP contribution in [0.2, 0.25) is 0 Å². The van der Waals surface area contributed by atoms with Crippen molar-refractivity contribution in [2.75, 3.05) is 4.90 Å². The van der Waals surface area contributed by atoms with E-state index in [9.17, 15) is 0 Å². The largest absolute Gasteiger partial charge is 0.455 e. The average Bonchev–Trinajstić information content (AvgIpc) is 3.94. The molecule has 294 valence electrons. The summed E-state index contributed by atoms with van der Waals surface area (Å²) in [6.07, 6.45) is 0. The molecule has 0 radical (unpaired) electrons. The van der Waals surface area contributed by atoms with E-state index in [4.69, 9.17) is 4.42 Å². The lowest BCUT2D eigenvalue weighted by Gasteiger charge is -2.28. The Morgan fingerprint density at radius 2 is 0.825 bits per heavy atom. The van der Waals surface area contributed by atoms with Gasteiger partial charge in [-0.15, -0.1) is 11.3 Å². The summed E-state index contributed by atoms with van der Waals surface area (Å²) < 4.78 is 9.56. The van der Waals surface area contributed by atoms with Gasteiger partial charge in [-0.25, -0.2) is 0 Å². The highest BCUT2D eigenvalue weighted by molar-refractivity contribution is 7.26. The number of anilines is 3. The summed E-state index contributed by atoms with van der Waals surface area (Å²) in [5, 5.41) is 12.2. The summed E-state index contributed by atoms with van der Waals surface area (Å²) in [5.41, 5.74) is 12.0. The second-order valence-electron chi connectivity index (χ2n) is 16.4. The second kappa shape index (κ2) is 14.3. The van der Waals surface area contributed by atoms with Crippen LogP contribution in [-0.4, -0.2) is 0 Å². The van der Waals surface area contributed by atoms with E-state index >= 15 is 0 Å². The van der Waals surface area contributed by atoms with Crippen LogP contribution >= 0.6 is 11.3 Å². The van der Waals surface area contributed by atoms with Crippen LogP contribution < -0.4 is 4.90 Å². The molecular formula is C60H37NOS. The minimum Gasteiger partial charge on any atom is -0.455 e. The molecule has 0 aliphatic heterocycles. The van der Waals surface area contributed by atoms with Gasteiger partial charge in [-0.05, 0) is 91.6 Å². The maximum Gasteiger partial charge on any atom is 0.143 e. The Hall–Kier alpha value is -7.98. The molecule has 0 atom stereocenters. The molecule has 0 aliphatic rings. The quantitative estimate of drug-likeness (QED) is 0.155. The SMILES string of the molecule is c1ccc(N(c2ccc(-c3cccc4c3ccc3ccccc34)cc2)c2ccc(-c3cccc4c3sc3ccccc34)cc2)c(-c2cccc3c2oc2c4ccccc4ccc32)c1. The smallest absolute Gasteiger partial charge is 0.143 e. The van der Waals surface area contributed by atoms with Crippen molar-refractivity contribution >= 4 is 103 Å². The number of nitrogens with zero attached hydrogens (tertiary/aromatic N) is 1. The molecule has 0 N–H and O–H groups in total. The van der Waals surface area contributed by atoms with Crippen LogP contribution in [0.4, 0.5) is 17.1 Å². The number of hydrogen-bond acceptors (Lipinski definition) is 3. The highest BCUT2D eigenvalue weighted by Crippen LogP contribution is 2.47. The van der Waals surface area contributed by atoms with Gasteiger partial charge in [0.05, 0.1) is 5.69 Å². The number of para-hydroxylation sites is 2. The first kappa shape index (κ1) is 35.7. The second-order valence-corrected chi connectivity index (χ2v) is 17.4. The van der Waals surface area contributed by atoms with Crippen LogP contribution in [0.15, 0.2) is 229 Å². The standard InChI is InChI=1S/C60H37NOS/c1-3-14-44-38(12-1)30-36-49-45(18-9-20-48(44)49)40-26-32-42(33-27-40)61(43-34-28-41(29-35-43)47-19-10-23-55-51-17-6-8-25-57(51)63-60(47)55)56-24-7-5-16-50(56)52-21-11-22-53-54-37-31-39-13-2-4-15-46(39)58(54)62-59(52)53/h1-37H. The molecule has 2 heterocycles. The molecule has 13 rings (SSSR count). The van der Waals surface area contributed by atoms with E-state index in [1.165, 1.54) is 69.4 Å². The van der Waals surface area contributed by atoms with E-state index in [0.29, 0.717) is 0 Å². The van der Waals surface area contributed by atoms with Crippen LogP contribution in [0.5, 0.6) is 0 Å². The van der Waals surface area contributed by atoms with E-state index in [0.717, 1.165) is 55.5 Å². The van der Waals surface area contributed by atoms with Gasteiger partial charge in [0.25, 0.3) is 0 Å². The zero-order chi connectivity index (χ0) is 41.4. The third-order valence-electron chi connectivity index (χ3n) is 12.9. The van der Waals surface area contributed by atoms with E-state index in [2.05, 4.69) is 229 Å². The van der Waals surface area contributed by atoms with Crippen molar-refractivity contribution in [3.63, 3.8) is 0 Å². The van der Waals surface area contributed by atoms with E-state index < -0.39 is 0 Å². The van der Waals surface area contributed by atoms with Crippen molar-refractivity contribution in [1.82, 2.24) is 0 Å². The molecule has 2 nitrogen and oxygen atoms in total. The lowest BCUT2D eigenvalue weighted by Crippen LogP contribution is -2.11. The molecule has 0 saturated carbocycles. The molecule has 0 bridgehead atoms. The zero-order valence-electron chi connectivity index (χ0n) is 34.1. The fourth-order valence-corrected chi connectivity index (χ4v) is 11.1. The van der Waals surface area contributed by atoms with Gasteiger partial charge in [-0.3, -0.25) is 0 Å². The Morgan fingerprint density at radius 3 is 1.60 bits per heavy atom. The van der Waals surface area contributed by atoms with Gasteiger partial charge in [0.1, 0.15) is 11.2 Å². The molecule has 0 amide bonds. The van der Waals surface area contributed by atoms with Gasteiger partial charge in [0, 0.05) is 58.8 Å². The van der Waals surface area contributed by atoms with E-state index in [1.807, 2.05) is 11.3 Å². The van der Waals surface area contributed by atoms with Gasteiger partial charge in [0.2, 0.25) is 0 Å². The fourth-order valence-electron chi connectivity index (χ4n) is 9.91. The van der Waals surface area contributed by atoms with Crippen LogP contribution in [0, 0.1) is 0 Å². The van der Waals surface area contributed by atoms with Gasteiger partial charge in [0.15, 0.2) is 0 Å². The molecule has 0 fully saturated rings. The summed E-state index contributed by atoms with van der Waals surface area (Å²) in [6, 6.07) is 81.6. The first-order chi connectivity index (χ1) is 31.2. The van der Waals surface area contributed by atoms with Crippen molar-refractivity contribution in [3.8, 4) is 33.4 Å². The lowest BCUT2D eigenvalue weighted by atomic mass is 9.94. The summed E-state index contributed by atoms with van der Waals surface area (Å²) >= 11 is 1.87. The monoisotopic (exact) mass is 819 g/mol. The normalized spacial score (nSPS) is 11.8. The Labute approximate surface area is 368 Å². The highest BCUT2D eigenvalue weighted by Gasteiger charge is 2.22. The Balaban J connectivity index is 0.979.